The summed E-state index contributed by atoms with van der Waals surface area (Å²) in [6.45, 7) is 4.43. The largest absolute Gasteiger partial charge is 0.364 e. The number of pyridine rings is 1. The van der Waals surface area contributed by atoms with Crippen molar-refractivity contribution >= 4 is 46.0 Å². The van der Waals surface area contributed by atoms with Crippen LogP contribution < -0.4 is 10.2 Å². The molecule has 1 saturated heterocycles. The Labute approximate surface area is 179 Å². The van der Waals surface area contributed by atoms with Crippen LogP contribution in [0.1, 0.15) is 18.4 Å². The second-order valence-corrected chi connectivity index (χ2v) is 8.50. The number of aromatic nitrogens is 3. The molecule has 1 aliphatic heterocycles. The minimum atomic E-state index is 0.510. The number of anilines is 2. The van der Waals surface area contributed by atoms with Crippen LogP contribution in [0.2, 0.25) is 10.0 Å². The Morgan fingerprint density at radius 2 is 1.86 bits per heavy atom. The molecule has 0 amide bonds. The van der Waals surface area contributed by atoms with Crippen LogP contribution in [0.5, 0.6) is 0 Å². The van der Waals surface area contributed by atoms with Gasteiger partial charge in [-0.3, -0.25) is 4.90 Å². The lowest BCUT2D eigenvalue weighted by Gasteiger charge is -2.36. The van der Waals surface area contributed by atoms with E-state index in [2.05, 4.69) is 20.1 Å². The number of nitrogens with one attached hydrogen (secondary N) is 1. The van der Waals surface area contributed by atoms with Gasteiger partial charge >= 0.3 is 0 Å². The van der Waals surface area contributed by atoms with Crippen molar-refractivity contribution in [2.75, 3.05) is 36.4 Å². The fourth-order valence-electron chi connectivity index (χ4n) is 3.65. The van der Waals surface area contributed by atoms with Crippen LogP contribution in [-0.4, -0.2) is 52.1 Å². The maximum absolute atomic E-state index is 6.34. The summed E-state index contributed by atoms with van der Waals surface area (Å²) >= 11 is 12.5. The number of nitrogens with zero attached hydrogens (tertiary/aromatic N) is 5. The van der Waals surface area contributed by atoms with Crippen LogP contribution in [0.4, 0.5) is 11.6 Å². The molecule has 0 radical (unpaired) electrons. The van der Waals surface area contributed by atoms with Gasteiger partial charge in [0.25, 0.3) is 0 Å². The van der Waals surface area contributed by atoms with Crippen molar-refractivity contribution < 1.29 is 0 Å². The standard InChI is InChI=1S/C21H22Cl2N6/c22-15-3-6-17(23)14(12-15)13-28-8-10-29(11-9-28)21-20(25-16-4-5-16)27-19-18(26-21)2-1-7-24-19/h1-3,6-7,12,16H,4-5,8-11,13H2,(H,24,25,27). The highest BCUT2D eigenvalue weighted by Gasteiger charge is 2.27. The average Bonchev–Trinajstić information content (AvgIpc) is 3.55. The minimum absolute atomic E-state index is 0.510. The van der Waals surface area contributed by atoms with Crippen LogP contribution in [0.15, 0.2) is 36.5 Å². The molecule has 2 fully saturated rings. The molecule has 6 nitrogen and oxygen atoms in total. The quantitative estimate of drug-likeness (QED) is 0.655. The van der Waals surface area contributed by atoms with E-state index < -0.39 is 0 Å². The monoisotopic (exact) mass is 428 g/mol. The van der Waals surface area contributed by atoms with E-state index in [1.807, 2.05) is 30.3 Å². The number of fused-ring (bicyclic) bond motifs is 1. The van der Waals surface area contributed by atoms with E-state index in [9.17, 15) is 0 Å². The summed E-state index contributed by atoms with van der Waals surface area (Å²) in [5.41, 5.74) is 2.59. The smallest absolute Gasteiger partial charge is 0.180 e. The van der Waals surface area contributed by atoms with Gasteiger partial charge in [-0.2, -0.15) is 0 Å². The Morgan fingerprint density at radius 3 is 2.66 bits per heavy atom. The van der Waals surface area contributed by atoms with Gasteiger partial charge in [0.15, 0.2) is 17.3 Å². The molecule has 0 atom stereocenters. The van der Waals surface area contributed by atoms with Gasteiger partial charge in [-0.1, -0.05) is 23.2 Å². The number of rotatable bonds is 5. The maximum atomic E-state index is 6.34. The van der Waals surface area contributed by atoms with Gasteiger partial charge in [0.05, 0.1) is 0 Å². The van der Waals surface area contributed by atoms with Crippen molar-refractivity contribution in [1.82, 2.24) is 19.9 Å². The molecule has 8 heteroatoms. The molecule has 3 aromatic rings. The summed E-state index contributed by atoms with van der Waals surface area (Å²) in [7, 11) is 0. The summed E-state index contributed by atoms with van der Waals surface area (Å²) in [4.78, 5) is 18.7. The molecule has 2 aromatic heterocycles. The first kappa shape index (κ1) is 18.9. The number of hydrogen-bond donors (Lipinski definition) is 1. The van der Waals surface area contributed by atoms with E-state index in [4.69, 9.17) is 33.2 Å². The summed E-state index contributed by atoms with van der Waals surface area (Å²) in [6.07, 6.45) is 4.14. The van der Waals surface area contributed by atoms with E-state index in [1.165, 1.54) is 12.8 Å². The molecule has 0 bridgehead atoms. The SMILES string of the molecule is Clc1ccc(Cl)c(CN2CCN(c3nc4cccnc4nc3NC3CC3)CC2)c1. The fraction of sp³-hybridized carbons (Fsp3) is 0.381. The molecular weight excluding hydrogens is 407 g/mol. The van der Waals surface area contributed by atoms with Crippen LogP contribution in [0.3, 0.4) is 0 Å². The Hall–Kier alpha value is -2.15. The normalized spacial score (nSPS) is 17.7. The van der Waals surface area contributed by atoms with Gasteiger partial charge in [-0.15, -0.1) is 0 Å². The van der Waals surface area contributed by atoms with E-state index in [-0.39, 0.29) is 0 Å². The number of hydrogen-bond acceptors (Lipinski definition) is 6. The number of halogens is 2. The molecule has 1 aliphatic carbocycles. The highest BCUT2D eigenvalue weighted by Crippen LogP contribution is 2.31. The highest BCUT2D eigenvalue weighted by molar-refractivity contribution is 6.33. The first-order valence-electron chi connectivity index (χ1n) is 9.96. The number of piperazine rings is 1. The number of benzene rings is 1. The van der Waals surface area contributed by atoms with Crippen LogP contribution in [-0.2, 0) is 6.54 Å². The van der Waals surface area contributed by atoms with Crippen molar-refractivity contribution in [3.05, 3.63) is 52.1 Å². The van der Waals surface area contributed by atoms with Crippen molar-refractivity contribution in [3.8, 4) is 0 Å². The molecule has 150 valence electrons. The maximum Gasteiger partial charge on any atom is 0.180 e. The molecular formula is C21H22Cl2N6. The van der Waals surface area contributed by atoms with E-state index in [0.717, 1.165) is 65.5 Å². The van der Waals surface area contributed by atoms with Gasteiger partial charge in [0.2, 0.25) is 0 Å². The van der Waals surface area contributed by atoms with Crippen molar-refractivity contribution in [1.29, 1.82) is 0 Å². The Bertz CT molecular complexity index is 1030. The summed E-state index contributed by atoms with van der Waals surface area (Å²) in [5, 5.41) is 5.02. The zero-order valence-electron chi connectivity index (χ0n) is 16.0. The van der Waals surface area contributed by atoms with Gasteiger partial charge in [0.1, 0.15) is 5.52 Å². The second-order valence-electron chi connectivity index (χ2n) is 7.66. The molecule has 2 aliphatic rings. The van der Waals surface area contributed by atoms with Gasteiger partial charge in [-0.25, -0.2) is 15.0 Å². The topological polar surface area (TPSA) is 57.2 Å². The summed E-state index contributed by atoms with van der Waals surface area (Å²) in [6, 6.07) is 10.0. The molecule has 0 unspecified atom stereocenters. The average molecular weight is 429 g/mol. The van der Waals surface area contributed by atoms with Crippen molar-refractivity contribution in [2.24, 2.45) is 0 Å². The fourth-order valence-corrected chi connectivity index (χ4v) is 4.02. The van der Waals surface area contributed by atoms with Gasteiger partial charge < -0.3 is 10.2 Å². The Balaban J connectivity index is 1.33. The summed E-state index contributed by atoms with van der Waals surface area (Å²) < 4.78 is 0. The lowest BCUT2D eigenvalue weighted by atomic mass is 10.2. The van der Waals surface area contributed by atoms with Crippen molar-refractivity contribution in [2.45, 2.75) is 25.4 Å². The van der Waals surface area contributed by atoms with Crippen LogP contribution in [0, 0.1) is 0 Å². The lowest BCUT2D eigenvalue weighted by molar-refractivity contribution is 0.249. The molecule has 5 rings (SSSR count). The van der Waals surface area contributed by atoms with Crippen LogP contribution >= 0.6 is 23.2 Å². The molecule has 29 heavy (non-hydrogen) atoms. The minimum Gasteiger partial charge on any atom is -0.364 e. The molecule has 3 heterocycles. The van der Waals surface area contributed by atoms with E-state index in [0.29, 0.717) is 11.7 Å². The van der Waals surface area contributed by atoms with Crippen LogP contribution in [0.25, 0.3) is 11.2 Å². The van der Waals surface area contributed by atoms with E-state index >= 15 is 0 Å². The zero-order valence-corrected chi connectivity index (χ0v) is 17.5. The third-order valence-corrected chi connectivity index (χ3v) is 6.02. The highest BCUT2D eigenvalue weighted by atomic mass is 35.5. The first-order valence-corrected chi connectivity index (χ1v) is 10.7. The molecule has 0 spiro atoms. The first-order chi connectivity index (χ1) is 14.2. The summed E-state index contributed by atoms with van der Waals surface area (Å²) in [5.74, 6) is 1.78. The van der Waals surface area contributed by atoms with Crippen molar-refractivity contribution in [3.63, 3.8) is 0 Å². The predicted octanol–water partition coefficient (Wildman–Crippen LogP) is 4.23. The van der Waals surface area contributed by atoms with E-state index in [1.54, 1.807) is 6.20 Å². The molecule has 1 saturated carbocycles. The Kier molecular flexibility index (Phi) is 5.16. The molecule has 1 aromatic carbocycles. The molecule has 1 N–H and O–H groups in total. The van der Waals surface area contributed by atoms with Gasteiger partial charge in [-0.05, 0) is 48.7 Å². The second kappa shape index (κ2) is 7.94. The van der Waals surface area contributed by atoms with Gasteiger partial charge in [0, 0.05) is 55.0 Å². The zero-order chi connectivity index (χ0) is 19.8. The third-order valence-electron chi connectivity index (χ3n) is 5.41. The predicted molar refractivity (Wildman–Crippen MR) is 118 cm³/mol. The lowest BCUT2D eigenvalue weighted by Crippen LogP contribution is -2.46. The third kappa shape index (κ3) is 4.25. The Morgan fingerprint density at radius 1 is 1.03 bits per heavy atom.